The molecular weight excluding hydrogens is 921 g/mol. The van der Waals surface area contributed by atoms with Crippen molar-refractivity contribution >= 4 is 75.8 Å². The van der Waals surface area contributed by atoms with Crippen LogP contribution < -0.4 is 0 Å². The van der Waals surface area contributed by atoms with Gasteiger partial charge in [0.05, 0.1) is 91.6 Å². The second-order valence-electron chi connectivity index (χ2n) is 16.7. The number of nitrogens with one attached hydrogen (secondary N) is 2. The molecule has 9 rings (SSSR count). The van der Waals surface area contributed by atoms with Crippen LogP contribution in [0.25, 0.3) is 85.3 Å². The fraction of sp³-hybridized carbons (Fsp3) is 0.179. The number of esters is 1. The van der Waals surface area contributed by atoms with Crippen LogP contribution in [0.5, 0.6) is 0 Å². The van der Waals surface area contributed by atoms with Gasteiger partial charge in [-0.05, 0) is 114 Å². The summed E-state index contributed by atoms with van der Waals surface area (Å²) in [6, 6.07) is 27.3. The molecule has 6 N–H and O–H groups in total. The van der Waals surface area contributed by atoms with Gasteiger partial charge in [-0.3, -0.25) is 4.79 Å². The highest BCUT2D eigenvalue weighted by atomic mass is 16.6. The van der Waals surface area contributed by atoms with E-state index in [1.54, 1.807) is 36.4 Å². The van der Waals surface area contributed by atoms with E-state index in [4.69, 9.17) is 34.0 Å². The van der Waals surface area contributed by atoms with E-state index in [1.165, 1.54) is 36.4 Å². The van der Waals surface area contributed by atoms with Crippen molar-refractivity contribution in [2.75, 3.05) is 52.9 Å². The molecule has 0 spiro atoms. The zero-order valence-corrected chi connectivity index (χ0v) is 38.7. The average molecular weight is 969 g/mol. The van der Waals surface area contributed by atoms with E-state index in [9.17, 15) is 34.5 Å². The van der Waals surface area contributed by atoms with Crippen LogP contribution in [0.3, 0.4) is 0 Å². The summed E-state index contributed by atoms with van der Waals surface area (Å²) in [5.41, 5.74) is 10.9. The molecule has 5 heterocycles. The fourth-order valence-corrected chi connectivity index (χ4v) is 8.65. The molecule has 1 unspecified atom stereocenters. The first kappa shape index (κ1) is 48.5. The first-order valence-electron chi connectivity index (χ1n) is 23.1. The van der Waals surface area contributed by atoms with Crippen LogP contribution >= 0.6 is 0 Å². The lowest BCUT2D eigenvalue weighted by Crippen LogP contribution is -2.20. The van der Waals surface area contributed by atoms with Gasteiger partial charge in [-0.25, -0.2) is 24.4 Å². The van der Waals surface area contributed by atoms with Crippen molar-refractivity contribution in [2.45, 2.75) is 6.42 Å². The van der Waals surface area contributed by atoms with E-state index in [1.807, 2.05) is 66.8 Å². The summed E-state index contributed by atoms with van der Waals surface area (Å²) >= 11 is 0. The van der Waals surface area contributed by atoms with Gasteiger partial charge in [0.25, 0.3) is 0 Å². The number of allylic oxidation sites excluding steroid dienone is 3. The number of carboxylic acids is 3. The summed E-state index contributed by atoms with van der Waals surface area (Å²) in [5.74, 6) is -4.14. The third-order valence-corrected chi connectivity index (χ3v) is 12.2. The Morgan fingerprint density at radius 2 is 0.833 bits per heavy atom. The lowest BCUT2D eigenvalue weighted by atomic mass is 9.92. The van der Waals surface area contributed by atoms with Crippen LogP contribution in [0.15, 0.2) is 115 Å². The molecule has 2 aliphatic heterocycles. The minimum atomic E-state index is -1.07. The molecule has 0 radical (unpaired) electrons. The molecule has 6 aromatic rings. The van der Waals surface area contributed by atoms with E-state index in [0.717, 1.165) is 11.1 Å². The zero-order valence-electron chi connectivity index (χ0n) is 38.7. The van der Waals surface area contributed by atoms with Gasteiger partial charge >= 0.3 is 23.9 Å². The van der Waals surface area contributed by atoms with Crippen molar-refractivity contribution in [3.63, 3.8) is 0 Å². The molecule has 8 bridgehead atoms. The van der Waals surface area contributed by atoms with E-state index in [-0.39, 0.29) is 43.1 Å². The number of carbonyl (C=O) groups excluding carboxylic acids is 1. The molecule has 0 fully saturated rings. The number of rotatable bonds is 19. The van der Waals surface area contributed by atoms with Gasteiger partial charge < -0.3 is 49.3 Å². The number of ether oxygens (including phenoxy) is 4. The lowest BCUT2D eigenvalue weighted by molar-refractivity contribution is -0.148. The lowest BCUT2D eigenvalue weighted by Gasteiger charge is -2.16. The Morgan fingerprint density at radius 3 is 1.19 bits per heavy atom. The Bertz CT molecular complexity index is 3290. The number of benzene rings is 3. The number of aliphatic hydroxyl groups excluding tert-OH is 1. The summed E-state index contributed by atoms with van der Waals surface area (Å²) in [4.78, 5) is 66.8. The highest BCUT2D eigenvalue weighted by Gasteiger charge is 2.23. The SMILES string of the molecule is O=C(O)c1ccc(-c2c3nc(c(-c4ccc(C(=O)O)cc4)c4ccc([nH]4)c(-c4ccc(C(=O)O)cc4)c4nc(c(C5=CCC(C(=O)OCCOCCOCCOCCO)C=C5)c5ccc2[nH]5)C=C4)C=C3)cc1. The number of hydrogen-bond acceptors (Lipinski definition) is 11. The van der Waals surface area contributed by atoms with Gasteiger partial charge in [0.15, 0.2) is 0 Å². The third kappa shape index (κ3) is 10.8. The second kappa shape index (κ2) is 22.0. The summed E-state index contributed by atoms with van der Waals surface area (Å²) in [7, 11) is 0. The van der Waals surface area contributed by atoms with E-state index < -0.39 is 29.8 Å². The minimum Gasteiger partial charge on any atom is -0.478 e. The zero-order chi connectivity index (χ0) is 50.1. The maximum Gasteiger partial charge on any atom is 0.335 e. The van der Waals surface area contributed by atoms with Crippen molar-refractivity contribution < 1.29 is 58.6 Å². The fourth-order valence-electron chi connectivity index (χ4n) is 8.65. The number of H-pyrrole nitrogens is 2. The van der Waals surface area contributed by atoms with Crippen molar-refractivity contribution in [1.29, 1.82) is 0 Å². The molecule has 364 valence electrons. The number of fused-ring (bicyclic) bond motifs is 8. The Labute approximate surface area is 411 Å². The molecule has 3 aromatic heterocycles. The number of nitrogens with zero attached hydrogens (tertiary/aromatic N) is 2. The van der Waals surface area contributed by atoms with Crippen LogP contribution in [-0.2, 0) is 23.7 Å². The monoisotopic (exact) mass is 968 g/mol. The Morgan fingerprint density at radius 1 is 0.472 bits per heavy atom. The maximum absolute atomic E-state index is 13.3. The predicted octanol–water partition coefficient (Wildman–Crippen LogP) is 9.30. The standard InChI is InChI=1S/C56H48N4O12/c61-25-26-69-27-28-70-29-30-71-31-32-72-56(68)40-15-7-36(8-16-40)52-47-23-21-45(59-47)50(34-3-11-38(12-4-34)54(64)65)43-19-17-41(57-43)49(33-1-9-37(10-2-33)53(62)63)42-18-20-44(58-42)51(46-22-24-48(52)60-46)35-5-13-39(14-6-35)55(66)67/h1-15,17-24,40,57,60-61H,16,25-32H2,(H,62,63)(H,64,65)(H,66,67). The van der Waals surface area contributed by atoms with Crippen LogP contribution in [0.1, 0.15) is 65.8 Å². The highest BCUT2D eigenvalue weighted by molar-refractivity contribution is 6.01. The first-order chi connectivity index (χ1) is 35.1. The molecule has 16 nitrogen and oxygen atoms in total. The van der Waals surface area contributed by atoms with Crippen molar-refractivity contribution in [1.82, 2.24) is 19.9 Å². The number of carboxylic acid groups (broad SMARTS) is 3. The van der Waals surface area contributed by atoms with Crippen molar-refractivity contribution in [3.05, 3.63) is 160 Å². The molecule has 1 atom stereocenters. The van der Waals surface area contributed by atoms with Crippen LogP contribution in [0.2, 0.25) is 0 Å². The van der Waals surface area contributed by atoms with Crippen molar-refractivity contribution in [2.24, 2.45) is 5.92 Å². The molecule has 16 heteroatoms. The summed E-state index contributed by atoms with van der Waals surface area (Å²) in [5, 5.41) is 38.1. The normalized spacial score (nSPS) is 13.8. The van der Waals surface area contributed by atoms with Gasteiger partial charge in [0, 0.05) is 44.3 Å². The molecule has 1 aliphatic carbocycles. The first-order valence-corrected chi connectivity index (χ1v) is 23.1. The molecule has 3 aromatic carbocycles. The smallest absolute Gasteiger partial charge is 0.335 e. The van der Waals surface area contributed by atoms with E-state index >= 15 is 0 Å². The summed E-state index contributed by atoms with van der Waals surface area (Å²) < 4.78 is 21.7. The topological polar surface area (TPSA) is 243 Å². The highest BCUT2D eigenvalue weighted by Crippen LogP contribution is 2.39. The Balaban J connectivity index is 1.17. The Kier molecular flexibility index (Phi) is 14.8. The van der Waals surface area contributed by atoms with Gasteiger partial charge in [0.2, 0.25) is 0 Å². The summed E-state index contributed by atoms with van der Waals surface area (Å²) in [6.45, 7) is 1.89. The van der Waals surface area contributed by atoms with Gasteiger partial charge in [-0.1, -0.05) is 54.6 Å². The van der Waals surface area contributed by atoms with Crippen LogP contribution in [0, 0.1) is 5.92 Å². The van der Waals surface area contributed by atoms with Gasteiger partial charge in [0.1, 0.15) is 6.61 Å². The third-order valence-electron chi connectivity index (χ3n) is 12.2. The number of carbonyl (C=O) groups is 4. The predicted molar refractivity (Wildman–Crippen MR) is 272 cm³/mol. The average Bonchev–Trinajstić information content (AvgIpc) is 4.25. The van der Waals surface area contributed by atoms with Crippen LogP contribution in [-0.4, -0.2) is 117 Å². The number of aromatic carboxylic acids is 3. The minimum absolute atomic E-state index is 0.0458. The molecule has 3 aliphatic rings. The van der Waals surface area contributed by atoms with E-state index in [2.05, 4.69) is 9.97 Å². The maximum atomic E-state index is 13.3. The summed E-state index contributed by atoms with van der Waals surface area (Å²) in [6.07, 6.45) is 13.6. The quantitative estimate of drug-likeness (QED) is 0.0327. The number of aromatic amines is 2. The number of aromatic nitrogens is 4. The largest absolute Gasteiger partial charge is 0.478 e. The number of hydrogen-bond donors (Lipinski definition) is 6. The molecular formula is C56H48N4O12. The number of aliphatic hydroxyl groups is 1. The second-order valence-corrected chi connectivity index (χ2v) is 16.7. The molecule has 0 saturated carbocycles. The molecule has 72 heavy (non-hydrogen) atoms. The molecule has 0 amide bonds. The van der Waals surface area contributed by atoms with Crippen molar-refractivity contribution in [3.8, 4) is 33.4 Å². The Hall–Kier alpha value is -8.54. The van der Waals surface area contributed by atoms with Crippen LogP contribution in [0.4, 0.5) is 0 Å². The van der Waals surface area contributed by atoms with Gasteiger partial charge in [-0.15, -0.1) is 0 Å². The molecule has 0 saturated heterocycles. The van der Waals surface area contributed by atoms with E-state index in [0.29, 0.717) is 111 Å². The van der Waals surface area contributed by atoms with Gasteiger partial charge in [-0.2, -0.15) is 0 Å².